The number of hydrogen-bond donors (Lipinski definition) is 0. The summed E-state index contributed by atoms with van der Waals surface area (Å²) < 4.78 is 34.9. The van der Waals surface area contributed by atoms with Gasteiger partial charge in [-0.1, -0.05) is 41.0 Å². The van der Waals surface area contributed by atoms with E-state index in [1.165, 1.54) is 12.1 Å². The zero-order chi connectivity index (χ0) is 20.7. The summed E-state index contributed by atoms with van der Waals surface area (Å²) in [5, 5.41) is 4.10. The van der Waals surface area contributed by atoms with Gasteiger partial charge < -0.3 is 9.09 Å². The van der Waals surface area contributed by atoms with Crippen LogP contribution in [0.4, 0.5) is 8.78 Å². The number of nitrogens with zero attached hydrogens (tertiary/aromatic N) is 4. The molecule has 0 N–H and O–H groups in total. The van der Waals surface area contributed by atoms with Gasteiger partial charge in [-0.05, 0) is 18.2 Å². The maximum Gasteiger partial charge on any atom is 0.169 e. The highest BCUT2D eigenvalue weighted by Gasteiger charge is 2.18. The van der Waals surface area contributed by atoms with Crippen LogP contribution in [0.2, 0.25) is 0 Å². The molecule has 2 aliphatic heterocycles. The van der Waals surface area contributed by atoms with Gasteiger partial charge in [0.25, 0.3) is 0 Å². The van der Waals surface area contributed by atoms with Crippen molar-refractivity contribution in [1.82, 2.24) is 19.7 Å². The van der Waals surface area contributed by atoms with Crippen LogP contribution in [0.1, 0.15) is 5.76 Å². The lowest BCUT2D eigenvalue weighted by molar-refractivity contribution is 0.378. The SMILES string of the molecule is [B]c1ccc(-c2cc(Cn3ccc4nc(-c5cccc(F)c5F)nc-4c3)on2)cc1. The van der Waals surface area contributed by atoms with Gasteiger partial charge in [-0.2, -0.15) is 0 Å². The Hall–Kier alpha value is -3.81. The lowest BCUT2D eigenvalue weighted by Gasteiger charge is -2.04. The second kappa shape index (κ2) is 7.22. The molecule has 5 nitrogen and oxygen atoms in total. The van der Waals surface area contributed by atoms with Crippen LogP contribution in [0.5, 0.6) is 0 Å². The lowest BCUT2D eigenvalue weighted by Crippen LogP contribution is -2.00. The summed E-state index contributed by atoms with van der Waals surface area (Å²) in [7, 11) is 5.71. The molecule has 0 spiro atoms. The van der Waals surface area contributed by atoms with Crippen molar-refractivity contribution >= 4 is 13.3 Å². The van der Waals surface area contributed by atoms with Crippen molar-refractivity contribution in [2.75, 3.05) is 0 Å². The molecule has 5 rings (SSSR count). The van der Waals surface area contributed by atoms with Gasteiger partial charge >= 0.3 is 0 Å². The number of benzene rings is 2. The third-order valence-corrected chi connectivity index (χ3v) is 4.72. The number of hydrogen-bond acceptors (Lipinski definition) is 4. The summed E-state index contributed by atoms with van der Waals surface area (Å²) in [4.78, 5) is 8.66. The summed E-state index contributed by atoms with van der Waals surface area (Å²) in [5.74, 6) is -1.09. The fraction of sp³-hybridized carbons (Fsp3) is 0.0455. The van der Waals surface area contributed by atoms with Gasteiger partial charge in [0.1, 0.15) is 19.2 Å². The average molecular weight is 398 g/mol. The molecule has 2 radical (unpaired) electrons. The van der Waals surface area contributed by atoms with Crippen LogP contribution in [0.15, 0.2) is 71.5 Å². The summed E-state index contributed by atoms with van der Waals surface area (Å²) in [6.45, 7) is 0.425. The molecular formula is C22H13BF2N4O. The van der Waals surface area contributed by atoms with E-state index in [0.29, 0.717) is 34.8 Å². The molecule has 0 atom stereocenters. The topological polar surface area (TPSA) is 56.7 Å². The van der Waals surface area contributed by atoms with Gasteiger partial charge in [-0.25, -0.2) is 18.7 Å². The first-order chi connectivity index (χ1) is 14.6. The van der Waals surface area contributed by atoms with E-state index >= 15 is 0 Å². The van der Waals surface area contributed by atoms with E-state index in [4.69, 9.17) is 12.4 Å². The van der Waals surface area contributed by atoms with Crippen molar-refractivity contribution in [2.24, 2.45) is 0 Å². The number of imidazole rings is 1. The van der Waals surface area contributed by atoms with Crippen LogP contribution in [-0.4, -0.2) is 27.5 Å². The Morgan fingerprint density at radius 3 is 2.57 bits per heavy atom. The van der Waals surface area contributed by atoms with E-state index in [1.54, 1.807) is 24.4 Å². The normalized spacial score (nSPS) is 11.3. The Bertz CT molecular complexity index is 1310. The largest absolute Gasteiger partial charge is 0.359 e. The first kappa shape index (κ1) is 18.2. The smallest absolute Gasteiger partial charge is 0.169 e. The van der Waals surface area contributed by atoms with E-state index in [-0.39, 0.29) is 11.4 Å². The van der Waals surface area contributed by atoms with Crippen molar-refractivity contribution in [1.29, 1.82) is 0 Å². The molecule has 8 heteroatoms. The van der Waals surface area contributed by atoms with E-state index in [2.05, 4.69) is 15.1 Å². The van der Waals surface area contributed by atoms with Gasteiger partial charge in [-0.3, -0.25) is 0 Å². The number of fused-ring (bicyclic) bond motifs is 1. The molecule has 1 aromatic heterocycles. The first-order valence-electron chi connectivity index (χ1n) is 9.16. The van der Waals surface area contributed by atoms with Crippen molar-refractivity contribution < 1.29 is 13.3 Å². The maximum absolute atomic E-state index is 14.1. The zero-order valence-corrected chi connectivity index (χ0v) is 15.6. The minimum atomic E-state index is -0.961. The first-order valence-corrected chi connectivity index (χ1v) is 9.16. The van der Waals surface area contributed by atoms with Gasteiger partial charge in [0.15, 0.2) is 23.2 Å². The maximum atomic E-state index is 14.1. The molecule has 3 aromatic rings. The van der Waals surface area contributed by atoms with Gasteiger partial charge in [-0.15, -0.1) is 0 Å². The summed E-state index contributed by atoms with van der Waals surface area (Å²) in [5.41, 5.74) is 3.48. The third kappa shape index (κ3) is 3.37. The molecule has 2 aromatic carbocycles. The third-order valence-electron chi connectivity index (χ3n) is 4.72. The van der Waals surface area contributed by atoms with Crippen LogP contribution in [0.3, 0.4) is 0 Å². The second-order valence-electron chi connectivity index (χ2n) is 6.84. The molecule has 144 valence electrons. The van der Waals surface area contributed by atoms with Crippen LogP contribution in [0.25, 0.3) is 34.0 Å². The molecule has 3 heterocycles. The van der Waals surface area contributed by atoms with E-state index in [1.807, 2.05) is 29.0 Å². The Morgan fingerprint density at radius 2 is 1.73 bits per heavy atom. The van der Waals surface area contributed by atoms with Crippen molar-refractivity contribution in [3.05, 3.63) is 84.4 Å². The summed E-state index contributed by atoms with van der Waals surface area (Å²) in [6.07, 6.45) is 3.59. The summed E-state index contributed by atoms with van der Waals surface area (Å²) >= 11 is 0. The monoisotopic (exact) mass is 398 g/mol. The van der Waals surface area contributed by atoms with Gasteiger partial charge in [0, 0.05) is 24.0 Å². The highest BCUT2D eigenvalue weighted by molar-refractivity contribution is 6.32. The molecule has 2 aliphatic rings. The average Bonchev–Trinajstić information content (AvgIpc) is 3.37. The second-order valence-corrected chi connectivity index (χ2v) is 6.84. The quantitative estimate of drug-likeness (QED) is 0.432. The van der Waals surface area contributed by atoms with Gasteiger partial charge in [0.2, 0.25) is 0 Å². The minimum absolute atomic E-state index is 0.0288. The number of rotatable bonds is 4. The fourth-order valence-electron chi connectivity index (χ4n) is 3.20. The molecule has 0 fully saturated rings. The highest BCUT2D eigenvalue weighted by atomic mass is 19.2. The van der Waals surface area contributed by atoms with Crippen LogP contribution >= 0.6 is 0 Å². The van der Waals surface area contributed by atoms with Gasteiger partial charge in [0.05, 0.1) is 17.8 Å². The van der Waals surface area contributed by atoms with Crippen LogP contribution in [0, 0.1) is 11.6 Å². The van der Waals surface area contributed by atoms with Crippen LogP contribution < -0.4 is 5.46 Å². The fourth-order valence-corrected chi connectivity index (χ4v) is 3.20. The van der Waals surface area contributed by atoms with E-state index in [0.717, 1.165) is 11.6 Å². The number of pyridine rings is 1. The van der Waals surface area contributed by atoms with Crippen molar-refractivity contribution in [3.8, 4) is 34.0 Å². The summed E-state index contributed by atoms with van der Waals surface area (Å²) in [6, 6.07) is 14.9. The molecule has 30 heavy (non-hydrogen) atoms. The number of aromatic nitrogens is 4. The minimum Gasteiger partial charge on any atom is -0.359 e. The lowest BCUT2D eigenvalue weighted by atomic mass is 9.95. The Kier molecular flexibility index (Phi) is 4.39. The Balaban J connectivity index is 1.42. The zero-order valence-electron chi connectivity index (χ0n) is 15.6. The molecule has 0 aliphatic carbocycles. The predicted octanol–water partition coefficient (Wildman–Crippen LogP) is 3.83. The van der Waals surface area contributed by atoms with E-state index in [9.17, 15) is 8.78 Å². The Labute approximate surface area is 171 Å². The predicted molar refractivity (Wildman–Crippen MR) is 108 cm³/mol. The molecule has 0 bridgehead atoms. The van der Waals surface area contributed by atoms with Crippen LogP contribution in [-0.2, 0) is 6.54 Å². The number of halogens is 2. The molecule has 0 unspecified atom stereocenters. The molecule has 0 saturated heterocycles. The highest BCUT2D eigenvalue weighted by Crippen LogP contribution is 2.27. The Morgan fingerprint density at radius 1 is 0.933 bits per heavy atom. The molecule has 0 amide bonds. The molecule has 0 saturated carbocycles. The van der Waals surface area contributed by atoms with Crippen molar-refractivity contribution in [2.45, 2.75) is 6.54 Å². The molecular weight excluding hydrogens is 385 g/mol. The van der Waals surface area contributed by atoms with E-state index < -0.39 is 11.6 Å². The van der Waals surface area contributed by atoms with Crippen molar-refractivity contribution in [3.63, 3.8) is 0 Å². The standard InChI is InChI=1S/C22H13BF2N4O/c23-14-6-4-13(5-7-14)19-10-15(30-28-19)11-29-9-8-18-20(12-29)27-22(26-18)16-2-1-3-17(24)21(16)25/h1-10,12H,11H2.